The summed E-state index contributed by atoms with van der Waals surface area (Å²) in [7, 11) is 0. The molecule has 0 amide bonds. The molecule has 4 heteroatoms. The molecule has 0 aliphatic carbocycles. The van der Waals surface area contributed by atoms with Crippen molar-refractivity contribution in [3.05, 3.63) is 71.9 Å². The van der Waals surface area contributed by atoms with E-state index in [0.29, 0.717) is 6.54 Å². The minimum absolute atomic E-state index is 0.289. The number of aromatic nitrogens is 1. The Morgan fingerprint density at radius 2 is 1.90 bits per heavy atom. The zero-order chi connectivity index (χ0) is 14.7. The second-order valence-corrected chi connectivity index (χ2v) is 4.77. The maximum atomic E-state index is 10.8. The Balaban J connectivity index is 1.72. The largest absolute Gasteiger partial charge is 0.478 e. The van der Waals surface area contributed by atoms with Gasteiger partial charge in [-0.25, -0.2) is 4.79 Å². The summed E-state index contributed by atoms with van der Waals surface area (Å²) in [5.41, 5.74) is 3.31. The van der Waals surface area contributed by atoms with Crippen LogP contribution in [-0.2, 0) is 6.54 Å². The number of benzene rings is 2. The van der Waals surface area contributed by atoms with Crippen LogP contribution in [-0.4, -0.2) is 16.1 Å². The van der Waals surface area contributed by atoms with E-state index in [1.54, 1.807) is 30.5 Å². The fourth-order valence-electron chi connectivity index (χ4n) is 2.17. The third kappa shape index (κ3) is 3.00. The normalized spacial score (nSPS) is 10.5. The van der Waals surface area contributed by atoms with Crippen molar-refractivity contribution in [2.45, 2.75) is 6.54 Å². The van der Waals surface area contributed by atoms with Crippen LogP contribution in [0.3, 0.4) is 0 Å². The van der Waals surface area contributed by atoms with Gasteiger partial charge in [0.1, 0.15) is 0 Å². The number of pyridine rings is 1. The standard InChI is InChI=1S/C17H14N2O2/c20-17(21)13-4-6-15(7-5-13)19-11-12-3-8-16-14(10-12)2-1-9-18-16/h1-10,19H,11H2,(H,20,21). The summed E-state index contributed by atoms with van der Waals surface area (Å²) in [6, 6.07) is 16.8. The molecular formula is C17H14N2O2. The van der Waals surface area contributed by atoms with Crippen LogP contribution >= 0.6 is 0 Å². The van der Waals surface area contributed by atoms with Gasteiger partial charge in [0.2, 0.25) is 0 Å². The summed E-state index contributed by atoms with van der Waals surface area (Å²) in [6.07, 6.45) is 1.78. The Morgan fingerprint density at radius 1 is 1.10 bits per heavy atom. The molecule has 3 rings (SSSR count). The van der Waals surface area contributed by atoms with Crippen molar-refractivity contribution in [3.8, 4) is 0 Å². The smallest absolute Gasteiger partial charge is 0.335 e. The van der Waals surface area contributed by atoms with Gasteiger partial charge in [-0.05, 0) is 48.0 Å². The molecule has 0 aliphatic rings. The number of rotatable bonds is 4. The average molecular weight is 278 g/mol. The second kappa shape index (κ2) is 5.63. The van der Waals surface area contributed by atoms with Crippen LogP contribution in [0.5, 0.6) is 0 Å². The molecule has 0 bridgehead atoms. The fourth-order valence-corrected chi connectivity index (χ4v) is 2.17. The number of carboxylic acids is 1. The Kier molecular flexibility index (Phi) is 3.51. The Morgan fingerprint density at radius 3 is 2.67 bits per heavy atom. The number of fused-ring (bicyclic) bond motifs is 1. The number of nitrogens with zero attached hydrogens (tertiary/aromatic N) is 1. The molecule has 0 fully saturated rings. The molecule has 0 saturated carbocycles. The number of nitrogens with one attached hydrogen (secondary N) is 1. The van der Waals surface area contributed by atoms with Crippen LogP contribution in [0.25, 0.3) is 10.9 Å². The van der Waals surface area contributed by atoms with Gasteiger partial charge >= 0.3 is 5.97 Å². The minimum Gasteiger partial charge on any atom is -0.478 e. The van der Waals surface area contributed by atoms with E-state index in [0.717, 1.165) is 22.2 Å². The van der Waals surface area contributed by atoms with Crippen molar-refractivity contribution in [2.24, 2.45) is 0 Å². The summed E-state index contributed by atoms with van der Waals surface area (Å²) in [4.78, 5) is 15.1. The number of carboxylic acid groups (broad SMARTS) is 1. The van der Waals surface area contributed by atoms with E-state index >= 15 is 0 Å². The average Bonchev–Trinajstić information content (AvgIpc) is 2.53. The van der Waals surface area contributed by atoms with Gasteiger partial charge in [0.15, 0.2) is 0 Å². The predicted molar refractivity (Wildman–Crippen MR) is 82.5 cm³/mol. The van der Waals surface area contributed by atoms with E-state index < -0.39 is 5.97 Å². The third-order valence-corrected chi connectivity index (χ3v) is 3.30. The van der Waals surface area contributed by atoms with Crippen molar-refractivity contribution >= 4 is 22.6 Å². The van der Waals surface area contributed by atoms with Gasteiger partial charge in [0.05, 0.1) is 11.1 Å². The van der Waals surface area contributed by atoms with Gasteiger partial charge < -0.3 is 10.4 Å². The first-order valence-electron chi connectivity index (χ1n) is 6.63. The van der Waals surface area contributed by atoms with Crippen LogP contribution in [0, 0.1) is 0 Å². The van der Waals surface area contributed by atoms with E-state index in [-0.39, 0.29) is 5.56 Å². The Labute approximate surface area is 122 Å². The molecule has 1 heterocycles. The second-order valence-electron chi connectivity index (χ2n) is 4.77. The molecule has 1 aromatic heterocycles. The van der Waals surface area contributed by atoms with Crippen molar-refractivity contribution in [2.75, 3.05) is 5.32 Å². The lowest BCUT2D eigenvalue weighted by Crippen LogP contribution is -2.01. The Bertz CT molecular complexity index is 782. The minimum atomic E-state index is -0.913. The number of hydrogen-bond donors (Lipinski definition) is 2. The van der Waals surface area contributed by atoms with Crippen LogP contribution < -0.4 is 5.32 Å². The van der Waals surface area contributed by atoms with Crippen LogP contribution in [0.2, 0.25) is 0 Å². The Hall–Kier alpha value is -2.88. The lowest BCUT2D eigenvalue weighted by atomic mass is 10.1. The SMILES string of the molecule is O=C(O)c1ccc(NCc2ccc3ncccc3c2)cc1. The number of anilines is 1. The van der Waals surface area contributed by atoms with Crippen molar-refractivity contribution in [3.63, 3.8) is 0 Å². The molecule has 0 unspecified atom stereocenters. The quantitative estimate of drug-likeness (QED) is 0.766. The number of hydrogen-bond acceptors (Lipinski definition) is 3. The summed E-state index contributed by atoms with van der Waals surface area (Å²) < 4.78 is 0. The molecular weight excluding hydrogens is 264 g/mol. The van der Waals surface area contributed by atoms with Gasteiger partial charge in [0.25, 0.3) is 0 Å². The van der Waals surface area contributed by atoms with Crippen LogP contribution in [0.1, 0.15) is 15.9 Å². The van der Waals surface area contributed by atoms with Gasteiger partial charge in [-0.3, -0.25) is 4.98 Å². The molecule has 0 aliphatic heterocycles. The van der Waals surface area contributed by atoms with E-state index in [4.69, 9.17) is 5.11 Å². The molecule has 3 aromatic rings. The summed E-state index contributed by atoms with van der Waals surface area (Å²) in [6.45, 7) is 0.678. The van der Waals surface area contributed by atoms with E-state index in [2.05, 4.69) is 16.4 Å². The topological polar surface area (TPSA) is 62.2 Å². The van der Waals surface area contributed by atoms with Gasteiger partial charge in [0, 0.05) is 23.8 Å². The van der Waals surface area contributed by atoms with Gasteiger partial charge in [-0.15, -0.1) is 0 Å². The maximum absolute atomic E-state index is 10.8. The first-order valence-corrected chi connectivity index (χ1v) is 6.63. The van der Waals surface area contributed by atoms with E-state index in [9.17, 15) is 4.79 Å². The van der Waals surface area contributed by atoms with Crippen molar-refractivity contribution < 1.29 is 9.90 Å². The van der Waals surface area contributed by atoms with Crippen LogP contribution in [0.15, 0.2) is 60.8 Å². The summed E-state index contributed by atoms with van der Waals surface area (Å²) >= 11 is 0. The highest BCUT2D eigenvalue weighted by molar-refractivity contribution is 5.88. The first kappa shape index (κ1) is 13.1. The molecule has 104 valence electrons. The lowest BCUT2D eigenvalue weighted by molar-refractivity contribution is 0.0697. The predicted octanol–water partition coefficient (Wildman–Crippen LogP) is 3.55. The van der Waals surface area contributed by atoms with Gasteiger partial charge in [-0.2, -0.15) is 0 Å². The zero-order valence-electron chi connectivity index (χ0n) is 11.3. The summed E-state index contributed by atoms with van der Waals surface area (Å²) in [5, 5.41) is 13.2. The molecule has 21 heavy (non-hydrogen) atoms. The van der Waals surface area contributed by atoms with E-state index in [1.165, 1.54) is 0 Å². The molecule has 0 saturated heterocycles. The monoisotopic (exact) mass is 278 g/mol. The molecule has 2 N–H and O–H groups in total. The fraction of sp³-hybridized carbons (Fsp3) is 0.0588. The van der Waals surface area contributed by atoms with Gasteiger partial charge in [-0.1, -0.05) is 12.1 Å². The number of aromatic carboxylic acids is 1. The highest BCUT2D eigenvalue weighted by Crippen LogP contribution is 2.15. The molecule has 0 atom stereocenters. The molecule has 4 nitrogen and oxygen atoms in total. The summed E-state index contributed by atoms with van der Waals surface area (Å²) in [5.74, 6) is -0.913. The van der Waals surface area contributed by atoms with Crippen molar-refractivity contribution in [1.82, 2.24) is 4.98 Å². The maximum Gasteiger partial charge on any atom is 0.335 e. The number of carbonyl (C=O) groups is 1. The zero-order valence-corrected chi connectivity index (χ0v) is 11.3. The molecule has 0 spiro atoms. The molecule has 2 aromatic carbocycles. The van der Waals surface area contributed by atoms with Crippen LogP contribution in [0.4, 0.5) is 5.69 Å². The highest BCUT2D eigenvalue weighted by Gasteiger charge is 2.02. The van der Waals surface area contributed by atoms with Crippen molar-refractivity contribution in [1.29, 1.82) is 0 Å². The van der Waals surface area contributed by atoms with E-state index in [1.807, 2.05) is 24.3 Å². The first-order chi connectivity index (χ1) is 10.2. The molecule has 0 radical (unpaired) electrons. The highest BCUT2D eigenvalue weighted by atomic mass is 16.4. The third-order valence-electron chi connectivity index (χ3n) is 3.30. The lowest BCUT2D eigenvalue weighted by Gasteiger charge is -2.07.